The third-order valence-corrected chi connectivity index (χ3v) is 15.5. The number of hydrogen-bond acceptors (Lipinski definition) is 11. The third-order valence-electron chi connectivity index (χ3n) is 6.49. The number of thiophene rings is 5. The lowest BCUT2D eigenvalue weighted by Crippen LogP contribution is -2.27. The van der Waals surface area contributed by atoms with Crippen LogP contribution in [-0.2, 0) is 9.59 Å². The molecular formula is C28H18N2O2S9. The molecule has 0 spiro atoms. The van der Waals surface area contributed by atoms with E-state index in [0.29, 0.717) is 31.5 Å². The van der Waals surface area contributed by atoms with E-state index in [1.165, 1.54) is 61.8 Å². The molecule has 0 aromatic carbocycles. The van der Waals surface area contributed by atoms with Crippen molar-refractivity contribution in [2.75, 3.05) is 13.1 Å². The quantitative estimate of drug-likeness (QED) is 0.130. The Morgan fingerprint density at radius 2 is 1.07 bits per heavy atom. The summed E-state index contributed by atoms with van der Waals surface area (Å²) in [6.07, 6.45) is 3.92. The summed E-state index contributed by atoms with van der Waals surface area (Å²) in [5.74, 6) is -0.00437. The summed E-state index contributed by atoms with van der Waals surface area (Å²) in [6, 6.07) is 13.0. The van der Waals surface area contributed by atoms with Crippen molar-refractivity contribution < 1.29 is 9.59 Å². The molecule has 2 amide bonds. The van der Waals surface area contributed by atoms with Gasteiger partial charge in [-0.25, -0.2) is 0 Å². The van der Waals surface area contributed by atoms with E-state index in [1.807, 2.05) is 60.0 Å². The van der Waals surface area contributed by atoms with Gasteiger partial charge in [0.1, 0.15) is 8.64 Å². The maximum atomic E-state index is 12.6. The third kappa shape index (κ3) is 5.02. The van der Waals surface area contributed by atoms with Gasteiger partial charge in [-0.3, -0.25) is 19.4 Å². The Kier molecular flexibility index (Phi) is 7.62. The highest BCUT2D eigenvalue weighted by Gasteiger charge is 2.31. The van der Waals surface area contributed by atoms with E-state index in [1.54, 1.807) is 32.5 Å². The molecule has 0 unspecified atom stereocenters. The number of amides is 2. The minimum absolute atomic E-state index is 0.00219. The first-order valence-electron chi connectivity index (χ1n) is 12.5. The van der Waals surface area contributed by atoms with Crippen LogP contribution >= 0.6 is 105 Å². The average Bonchev–Trinajstić information content (AvgIpc) is 3.77. The van der Waals surface area contributed by atoms with Crippen molar-refractivity contribution in [1.29, 1.82) is 0 Å². The molecule has 0 N–H and O–H groups in total. The molecule has 2 fully saturated rings. The Labute approximate surface area is 275 Å². The normalized spacial score (nSPS) is 18.2. The summed E-state index contributed by atoms with van der Waals surface area (Å²) in [7, 11) is 0. The Morgan fingerprint density at radius 3 is 1.46 bits per heavy atom. The molecule has 0 bridgehead atoms. The Hall–Kier alpha value is -1.68. The topological polar surface area (TPSA) is 40.6 Å². The van der Waals surface area contributed by atoms with Crippen molar-refractivity contribution in [2.24, 2.45) is 0 Å². The van der Waals surface area contributed by atoms with Gasteiger partial charge in [-0.1, -0.05) is 48.0 Å². The largest absolute Gasteiger partial charge is 0.293 e. The van der Waals surface area contributed by atoms with Crippen molar-refractivity contribution >= 4 is 156 Å². The Bertz CT molecular complexity index is 1840. The highest BCUT2D eigenvalue weighted by atomic mass is 32.2. The fraction of sp³-hybridized carbons (Fsp3) is 0.143. The number of likely N-dealkylation sites (N-methyl/N-ethyl adjacent to an activating group) is 2. The molecule has 5 aromatic rings. The van der Waals surface area contributed by atoms with Gasteiger partial charge >= 0.3 is 0 Å². The minimum Gasteiger partial charge on any atom is -0.293 e. The SMILES string of the molecule is CCN1C(=O)/C(=C\c2ccc(-c3cc4sc5cc(-c6ccc(/C=C7/SC(=S)N(CC)C7=O)s6)sc5c4s3)s2)SC1=S. The predicted octanol–water partition coefficient (Wildman–Crippen LogP) is 10.1. The van der Waals surface area contributed by atoms with Crippen LogP contribution in [0.5, 0.6) is 0 Å². The van der Waals surface area contributed by atoms with Gasteiger partial charge < -0.3 is 0 Å². The van der Waals surface area contributed by atoms with Crippen molar-refractivity contribution in [1.82, 2.24) is 9.80 Å². The van der Waals surface area contributed by atoms with Crippen molar-refractivity contribution in [3.63, 3.8) is 0 Å². The maximum absolute atomic E-state index is 12.6. The second-order valence-corrected chi connectivity index (χ2v) is 17.7. The van der Waals surface area contributed by atoms with E-state index in [-0.39, 0.29) is 11.8 Å². The van der Waals surface area contributed by atoms with Crippen LogP contribution in [0.4, 0.5) is 0 Å². The summed E-state index contributed by atoms with van der Waals surface area (Å²) >= 11 is 22.4. The van der Waals surface area contributed by atoms with Crippen molar-refractivity contribution in [2.45, 2.75) is 13.8 Å². The fourth-order valence-electron chi connectivity index (χ4n) is 4.51. The first-order chi connectivity index (χ1) is 19.8. The number of thiocarbonyl (C=S) groups is 2. The van der Waals surface area contributed by atoms with Crippen LogP contribution in [0.1, 0.15) is 23.6 Å². The number of thioether (sulfide) groups is 2. The van der Waals surface area contributed by atoms with Gasteiger partial charge in [-0.2, -0.15) is 0 Å². The molecular weight excluding hydrogens is 685 g/mol. The molecule has 2 aliphatic heterocycles. The maximum Gasteiger partial charge on any atom is 0.266 e. The summed E-state index contributed by atoms with van der Waals surface area (Å²) < 4.78 is 6.53. The Morgan fingerprint density at radius 1 is 0.634 bits per heavy atom. The number of rotatable bonds is 6. The smallest absolute Gasteiger partial charge is 0.266 e. The van der Waals surface area contributed by atoms with E-state index in [9.17, 15) is 9.59 Å². The van der Waals surface area contributed by atoms with Gasteiger partial charge in [0, 0.05) is 51.8 Å². The van der Waals surface area contributed by atoms with Crippen LogP contribution < -0.4 is 0 Å². The average molecular weight is 703 g/mol. The van der Waals surface area contributed by atoms with Crippen molar-refractivity contribution in [3.05, 3.63) is 56.0 Å². The molecule has 13 heteroatoms. The zero-order valence-corrected chi connectivity index (χ0v) is 28.8. The number of nitrogens with zero attached hydrogens (tertiary/aromatic N) is 2. The lowest BCUT2D eigenvalue weighted by molar-refractivity contribution is -0.122. The van der Waals surface area contributed by atoms with Crippen LogP contribution in [0.15, 0.2) is 46.2 Å². The van der Waals surface area contributed by atoms with Gasteiger partial charge in [0.25, 0.3) is 11.8 Å². The van der Waals surface area contributed by atoms with E-state index in [2.05, 4.69) is 36.4 Å². The fourth-order valence-corrected chi connectivity index (χ4v) is 13.5. The molecule has 4 nitrogen and oxygen atoms in total. The molecule has 0 saturated carbocycles. The summed E-state index contributed by atoms with van der Waals surface area (Å²) in [5, 5.41) is 0. The van der Waals surface area contributed by atoms with Crippen LogP contribution in [0.3, 0.4) is 0 Å². The van der Waals surface area contributed by atoms with E-state index < -0.39 is 0 Å². The van der Waals surface area contributed by atoms with E-state index >= 15 is 0 Å². The Balaban J connectivity index is 1.14. The summed E-state index contributed by atoms with van der Waals surface area (Å²) in [4.78, 5) is 36.9. The molecule has 206 valence electrons. The minimum atomic E-state index is -0.00219. The molecule has 5 aromatic heterocycles. The number of fused-ring (bicyclic) bond motifs is 3. The van der Waals surface area contributed by atoms with Gasteiger partial charge in [0.05, 0.1) is 19.2 Å². The van der Waals surface area contributed by atoms with Crippen LogP contribution in [0, 0.1) is 0 Å². The highest BCUT2D eigenvalue weighted by Crippen LogP contribution is 2.50. The second-order valence-electron chi connectivity index (χ2n) is 8.97. The number of hydrogen-bond donors (Lipinski definition) is 0. The highest BCUT2D eigenvalue weighted by molar-refractivity contribution is 8.27. The van der Waals surface area contributed by atoms with Crippen LogP contribution in [-0.4, -0.2) is 43.3 Å². The van der Waals surface area contributed by atoms with Gasteiger partial charge in [0.15, 0.2) is 0 Å². The second kappa shape index (κ2) is 11.1. The molecule has 41 heavy (non-hydrogen) atoms. The van der Waals surface area contributed by atoms with Crippen LogP contribution in [0.25, 0.3) is 50.5 Å². The molecule has 7 heterocycles. The van der Waals surface area contributed by atoms with E-state index in [4.69, 9.17) is 24.4 Å². The van der Waals surface area contributed by atoms with Gasteiger partial charge in [-0.15, -0.1) is 56.7 Å². The lowest BCUT2D eigenvalue weighted by Gasteiger charge is -2.09. The van der Waals surface area contributed by atoms with Gasteiger partial charge in [0.2, 0.25) is 0 Å². The van der Waals surface area contributed by atoms with Crippen molar-refractivity contribution in [3.8, 4) is 19.5 Å². The molecule has 2 saturated heterocycles. The molecule has 0 aliphatic carbocycles. The standard InChI is InChI=1S/C28H18N2O2S9/c1-3-29-25(31)21(40-27(29)33)9-13-5-7-15(35-13)17-11-19-23(38-17)24-20(37-19)12-18(39-24)16-8-6-14(36-16)10-22-26(32)30(4-2)28(34)41-22/h5-12H,3-4H2,1-2H3/b21-9+,22-10+. The monoisotopic (exact) mass is 702 g/mol. The summed E-state index contributed by atoms with van der Waals surface area (Å²) in [6.45, 7) is 5.08. The number of carbonyl (C=O) groups excluding carboxylic acids is 2. The predicted molar refractivity (Wildman–Crippen MR) is 193 cm³/mol. The number of carbonyl (C=O) groups is 2. The van der Waals surface area contributed by atoms with Gasteiger partial charge in [-0.05, 0) is 62.4 Å². The zero-order valence-electron chi connectivity index (χ0n) is 21.4. The molecule has 7 rings (SSSR count). The van der Waals surface area contributed by atoms with E-state index in [0.717, 1.165) is 9.75 Å². The first-order valence-corrected chi connectivity index (χ1v) is 19.0. The van der Waals surface area contributed by atoms with Crippen LogP contribution in [0.2, 0.25) is 0 Å². The summed E-state index contributed by atoms with van der Waals surface area (Å²) in [5.41, 5.74) is 0. The molecule has 0 atom stereocenters. The molecule has 0 radical (unpaired) electrons. The zero-order chi connectivity index (χ0) is 28.4. The molecule has 2 aliphatic rings. The first kappa shape index (κ1) is 28.1. The lowest BCUT2D eigenvalue weighted by atomic mass is 10.3.